The first-order valence-electron chi connectivity index (χ1n) is 4.35. The van der Waals surface area contributed by atoms with Crippen molar-refractivity contribution in [2.45, 2.75) is 24.6 Å². The Hall–Kier alpha value is -0.341. The van der Waals surface area contributed by atoms with E-state index in [1.165, 1.54) is 19.3 Å². The molecule has 1 amide bonds. The van der Waals surface area contributed by atoms with Gasteiger partial charge in [-0.3, -0.25) is 0 Å². The summed E-state index contributed by atoms with van der Waals surface area (Å²) >= 11 is 0.342. The Morgan fingerprint density at radius 2 is 2.00 bits per heavy atom. The van der Waals surface area contributed by atoms with Crippen LogP contribution in [0, 0.1) is 0 Å². The molecular formula is C8H12N2OSe. The number of piperidine rings is 1. The van der Waals surface area contributed by atoms with Crippen molar-refractivity contribution in [2.24, 2.45) is 4.99 Å². The van der Waals surface area contributed by atoms with Crippen LogP contribution < -0.4 is 0 Å². The van der Waals surface area contributed by atoms with Gasteiger partial charge in [0.2, 0.25) is 0 Å². The molecule has 3 nitrogen and oxygen atoms in total. The van der Waals surface area contributed by atoms with E-state index in [0.29, 0.717) is 20.3 Å². The van der Waals surface area contributed by atoms with E-state index < -0.39 is 0 Å². The maximum atomic E-state index is 10.9. The van der Waals surface area contributed by atoms with Gasteiger partial charge in [0.15, 0.2) is 0 Å². The third-order valence-corrected chi connectivity index (χ3v) is 4.27. The maximum absolute atomic E-state index is 10.9. The van der Waals surface area contributed by atoms with Crippen molar-refractivity contribution in [3.8, 4) is 0 Å². The molecule has 0 aromatic carbocycles. The van der Waals surface area contributed by atoms with Gasteiger partial charge in [-0.2, -0.15) is 0 Å². The van der Waals surface area contributed by atoms with Crippen LogP contribution in [0.3, 0.4) is 0 Å². The van der Waals surface area contributed by atoms with Crippen LogP contribution >= 0.6 is 0 Å². The van der Waals surface area contributed by atoms with Crippen LogP contribution in [0.1, 0.15) is 19.3 Å². The van der Waals surface area contributed by atoms with Crippen molar-refractivity contribution in [3.05, 3.63) is 0 Å². The van der Waals surface area contributed by atoms with Gasteiger partial charge in [-0.25, -0.2) is 0 Å². The summed E-state index contributed by atoms with van der Waals surface area (Å²) in [5.74, 6) is 0.0931. The average molecular weight is 231 g/mol. The molecular weight excluding hydrogens is 219 g/mol. The number of rotatable bonds is 0. The molecule has 1 fully saturated rings. The Balaban J connectivity index is 1.99. The predicted octanol–water partition coefficient (Wildman–Crippen LogP) is 0.491. The van der Waals surface area contributed by atoms with Crippen molar-refractivity contribution in [1.29, 1.82) is 0 Å². The zero-order valence-electron chi connectivity index (χ0n) is 6.95. The average Bonchev–Trinajstić information content (AvgIpc) is 2.54. The van der Waals surface area contributed by atoms with E-state index in [2.05, 4.69) is 9.89 Å². The van der Waals surface area contributed by atoms with Gasteiger partial charge in [0.1, 0.15) is 0 Å². The van der Waals surface area contributed by atoms with Crippen LogP contribution in [0.2, 0.25) is 5.32 Å². The minimum absolute atomic E-state index is 0.0931. The summed E-state index contributed by atoms with van der Waals surface area (Å²) in [5.41, 5.74) is 0. The van der Waals surface area contributed by atoms with Crippen LogP contribution in [-0.4, -0.2) is 43.6 Å². The van der Waals surface area contributed by atoms with Gasteiger partial charge in [-0.15, -0.1) is 0 Å². The summed E-state index contributed by atoms with van der Waals surface area (Å²) in [6.07, 6.45) is 3.87. The van der Waals surface area contributed by atoms with Crippen LogP contribution in [-0.2, 0) is 4.79 Å². The molecule has 4 heteroatoms. The Bertz CT molecular complexity index is 221. The molecule has 12 heavy (non-hydrogen) atoms. The molecule has 2 aliphatic heterocycles. The molecule has 0 bridgehead atoms. The molecule has 0 radical (unpaired) electrons. The fourth-order valence-electron chi connectivity index (χ4n) is 1.54. The molecule has 0 spiro atoms. The first-order chi connectivity index (χ1) is 5.86. The summed E-state index contributed by atoms with van der Waals surface area (Å²) < 4.78 is 1.10. The number of hydrogen-bond donors (Lipinski definition) is 0. The molecule has 0 N–H and O–H groups in total. The number of nitrogens with zero attached hydrogens (tertiary/aromatic N) is 2. The van der Waals surface area contributed by atoms with Crippen LogP contribution in [0.5, 0.6) is 0 Å². The second kappa shape index (κ2) is 3.58. The Morgan fingerprint density at radius 3 is 2.58 bits per heavy atom. The molecule has 0 aliphatic carbocycles. The van der Waals surface area contributed by atoms with Crippen molar-refractivity contribution in [3.63, 3.8) is 0 Å². The fraction of sp³-hybridized carbons (Fsp3) is 0.750. The number of amides is 1. The van der Waals surface area contributed by atoms with Crippen LogP contribution in [0.25, 0.3) is 0 Å². The van der Waals surface area contributed by atoms with Gasteiger partial charge >= 0.3 is 78.0 Å². The normalized spacial score (nSPS) is 24.5. The van der Waals surface area contributed by atoms with Crippen molar-refractivity contribution in [1.82, 2.24) is 4.90 Å². The molecule has 2 rings (SSSR count). The molecule has 0 unspecified atom stereocenters. The minimum atomic E-state index is 0.0931. The SMILES string of the molecule is O=C1C[Se]C(N2CCCCC2)=N1. The summed E-state index contributed by atoms with van der Waals surface area (Å²) in [6, 6.07) is 0. The number of aliphatic imine (C=N–C) groups is 1. The Labute approximate surface area is 78.4 Å². The number of likely N-dealkylation sites (tertiary alicyclic amines) is 1. The molecule has 2 heterocycles. The van der Waals surface area contributed by atoms with E-state index >= 15 is 0 Å². The molecule has 0 aromatic heterocycles. The monoisotopic (exact) mass is 232 g/mol. The van der Waals surface area contributed by atoms with E-state index in [1.54, 1.807) is 0 Å². The van der Waals surface area contributed by atoms with Gasteiger partial charge in [0, 0.05) is 0 Å². The van der Waals surface area contributed by atoms with Gasteiger partial charge in [0.05, 0.1) is 0 Å². The van der Waals surface area contributed by atoms with E-state index in [0.717, 1.165) is 17.8 Å². The van der Waals surface area contributed by atoms with Crippen molar-refractivity contribution in [2.75, 3.05) is 13.1 Å². The third kappa shape index (κ3) is 1.70. The third-order valence-electron chi connectivity index (χ3n) is 2.17. The van der Waals surface area contributed by atoms with Crippen LogP contribution in [0.15, 0.2) is 4.99 Å². The first-order valence-corrected chi connectivity index (χ1v) is 6.42. The summed E-state index contributed by atoms with van der Waals surface area (Å²) in [4.78, 5) is 17.2. The van der Waals surface area contributed by atoms with E-state index in [-0.39, 0.29) is 5.91 Å². The zero-order valence-corrected chi connectivity index (χ0v) is 8.67. The van der Waals surface area contributed by atoms with Crippen LogP contribution in [0.4, 0.5) is 0 Å². The second-order valence-corrected chi connectivity index (χ2v) is 5.10. The quantitative estimate of drug-likeness (QED) is 0.568. The number of amidine groups is 1. The molecule has 1 saturated heterocycles. The van der Waals surface area contributed by atoms with Crippen molar-refractivity contribution < 1.29 is 4.79 Å². The Kier molecular flexibility index (Phi) is 2.47. The van der Waals surface area contributed by atoms with Gasteiger partial charge < -0.3 is 0 Å². The molecule has 0 atom stereocenters. The van der Waals surface area contributed by atoms with Gasteiger partial charge in [-0.1, -0.05) is 0 Å². The Morgan fingerprint density at radius 1 is 1.25 bits per heavy atom. The van der Waals surface area contributed by atoms with E-state index in [4.69, 9.17) is 0 Å². The standard InChI is InChI=1S/C8H12N2OSe/c11-7-6-12-8(9-7)10-4-2-1-3-5-10/h1-6H2. The summed E-state index contributed by atoms with van der Waals surface area (Å²) in [6.45, 7) is 2.24. The van der Waals surface area contributed by atoms with Crippen molar-refractivity contribution >= 4 is 25.6 Å². The molecule has 66 valence electrons. The second-order valence-electron chi connectivity index (χ2n) is 3.12. The van der Waals surface area contributed by atoms with E-state index in [1.807, 2.05) is 0 Å². The summed E-state index contributed by atoms with van der Waals surface area (Å²) in [7, 11) is 0. The molecule has 0 aromatic rings. The van der Waals surface area contributed by atoms with E-state index in [9.17, 15) is 4.79 Å². The number of hydrogen-bond acceptors (Lipinski definition) is 2. The summed E-state index contributed by atoms with van der Waals surface area (Å²) in [5, 5.41) is 0.693. The fourth-order valence-corrected chi connectivity index (χ4v) is 3.33. The molecule has 0 saturated carbocycles. The van der Waals surface area contributed by atoms with Gasteiger partial charge in [0.25, 0.3) is 0 Å². The topological polar surface area (TPSA) is 32.7 Å². The number of carbonyl (C=O) groups excluding carboxylic acids is 1. The molecule has 2 aliphatic rings. The predicted molar refractivity (Wildman–Crippen MR) is 48.4 cm³/mol. The number of carbonyl (C=O) groups is 1. The van der Waals surface area contributed by atoms with Gasteiger partial charge in [-0.05, 0) is 0 Å². The first kappa shape index (κ1) is 8.27. The zero-order chi connectivity index (χ0) is 8.39.